The zero-order chi connectivity index (χ0) is 15.8. The van der Waals surface area contributed by atoms with Crippen LogP contribution in [0.2, 0.25) is 0 Å². The van der Waals surface area contributed by atoms with Crippen molar-refractivity contribution in [3.63, 3.8) is 0 Å². The van der Waals surface area contributed by atoms with Crippen molar-refractivity contribution in [2.24, 2.45) is 0 Å². The molecular formula is C10H13NO7S2. The summed E-state index contributed by atoms with van der Waals surface area (Å²) < 4.78 is 59.9. The molecule has 0 unspecified atom stereocenters. The van der Waals surface area contributed by atoms with Gasteiger partial charge in [0, 0.05) is 11.3 Å². The molecule has 1 rings (SSSR count). The van der Waals surface area contributed by atoms with Gasteiger partial charge in [0.25, 0.3) is 4.20 Å². The third-order valence-corrected chi connectivity index (χ3v) is 6.19. The number of carbonyl (C=O) groups is 1. The molecule has 8 nitrogen and oxygen atoms in total. The molecule has 0 saturated carbocycles. The summed E-state index contributed by atoms with van der Waals surface area (Å²) in [4.78, 5) is 10.7. The molecule has 0 bridgehead atoms. The van der Waals surface area contributed by atoms with E-state index in [0.717, 1.165) is 0 Å². The predicted octanol–water partition coefficient (Wildman–Crippen LogP) is 0.669. The fourth-order valence-corrected chi connectivity index (χ4v) is 2.97. The van der Waals surface area contributed by atoms with Crippen LogP contribution in [0, 0.1) is 6.92 Å². The minimum absolute atomic E-state index is 0.00847. The van der Waals surface area contributed by atoms with Gasteiger partial charge in [-0.15, -0.1) is 0 Å². The van der Waals surface area contributed by atoms with Crippen LogP contribution in [0.3, 0.4) is 0 Å². The molecule has 20 heavy (non-hydrogen) atoms. The highest BCUT2D eigenvalue weighted by Gasteiger charge is 2.50. The van der Waals surface area contributed by atoms with Gasteiger partial charge in [-0.1, -0.05) is 0 Å². The summed E-state index contributed by atoms with van der Waals surface area (Å²) in [7, 11) is -10.3. The monoisotopic (exact) mass is 323 g/mol. The number of rotatable bonds is 5. The van der Waals surface area contributed by atoms with Gasteiger partial charge in [-0.2, -0.15) is 16.8 Å². The first-order chi connectivity index (χ1) is 8.92. The molecule has 0 atom stereocenters. The molecule has 10 heteroatoms. The number of hydrogen-bond acceptors (Lipinski definition) is 6. The van der Waals surface area contributed by atoms with Crippen LogP contribution in [0.1, 0.15) is 22.8 Å². The number of benzene rings is 1. The van der Waals surface area contributed by atoms with Gasteiger partial charge in [-0.3, -0.25) is 13.9 Å². The molecule has 3 N–H and O–H groups in total. The quantitative estimate of drug-likeness (QED) is 0.531. The van der Waals surface area contributed by atoms with Gasteiger partial charge in [-0.25, -0.2) is 0 Å². The van der Waals surface area contributed by atoms with E-state index < -0.39 is 24.4 Å². The summed E-state index contributed by atoms with van der Waals surface area (Å²) in [5, 5.41) is 2.04. The topological polar surface area (TPSA) is 138 Å². The molecule has 0 saturated heterocycles. The van der Waals surface area contributed by atoms with Gasteiger partial charge in [0.2, 0.25) is 0 Å². The summed E-state index contributed by atoms with van der Waals surface area (Å²) in [6.45, 7) is 2.15. The Morgan fingerprint density at radius 1 is 1.15 bits per heavy atom. The van der Waals surface area contributed by atoms with E-state index in [4.69, 9.17) is 9.11 Å². The molecular weight excluding hydrogens is 310 g/mol. The van der Waals surface area contributed by atoms with E-state index in [1.54, 1.807) is 6.92 Å². The summed E-state index contributed by atoms with van der Waals surface area (Å²) >= 11 is 0. The Bertz CT molecular complexity index is 705. The molecule has 0 aliphatic carbocycles. The van der Waals surface area contributed by atoms with E-state index in [-0.39, 0.29) is 5.69 Å². The predicted molar refractivity (Wildman–Crippen MR) is 71.7 cm³/mol. The van der Waals surface area contributed by atoms with Crippen molar-refractivity contribution >= 4 is 32.2 Å². The normalized spacial score (nSPS) is 13.0. The Morgan fingerprint density at radius 3 is 2.00 bits per heavy atom. The lowest BCUT2D eigenvalue weighted by Crippen LogP contribution is -2.49. The maximum atomic E-state index is 11.2. The first-order valence-electron chi connectivity index (χ1n) is 5.20. The smallest absolute Gasteiger partial charge is 0.306 e. The minimum Gasteiger partial charge on any atom is -0.350 e. The van der Waals surface area contributed by atoms with Crippen LogP contribution < -0.4 is 5.32 Å². The number of anilines is 1. The summed E-state index contributed by atoms with van der Waals surface area (Å²) in [5.74, 6) is 0. The van der Waals surface area contributed by atoms with Crippen molar-refractivity contribution in [2.45, 2.75) is 18.1 Å². The van der Waals surface area contributed by atoms with Crippen LogP contribution >= 0.6 is 0 Å². The lowest BCUT2D eigenvalue weighted by molar-refractivity contribution is 0.112. The van der Waals surface area contributed by atoms with Gasteiger partial charge < -0.3 is 5.32 Å². The SMILES string of the molecule is Cc1cc(NC(C)(S(=O)(=O)O)S(=O)(=O)O)ccc1C=O. The highest BCUT2D eigenvalue weighted by Crippen LogP contribution is 2.26. The van der Waals surface area contributed by atoms with Crippen molar-refractivity contribution in [3.05, 3.63) is 29.3 Å². The van der Waals surface area contributed by atoms with E-state index in [9.17, 15) is 21.6 Å². The molecule has 0 aromatic heterocycles. The lowest BCUT2D eigenvalue weighted by atomic mass is 10.1. The molecule has 0 heterocycles. The summed E-state index contributed by atoms with van der Waals surface area (Å²) in [6, 6.07) is 3.88. The fourth-order valence-electron chi connectivity index (χ4n) is 1.41. The van der Waals surface area contributed by atoms with E-state index in [1.165, 1.54) is 18.2 Å². The van der Waals surface area contributed by atoms with E-state index in [0.29, 0.717) is 24.3 Å². The van der Waals surface area contributed by atoms with Crippen molar-refractivity contribution in [1.82, 2.24) is 0 Å². The molecule has 0 fully saturated rings. The minimum atomic E-state index is -5.17. The van der Waals surface area contributed by atoms with Gasteiger partial charge in [-0.05, 0) is 37.6 Å². The van der Waals surface area contributed by atoms with Crippen molar-refractivity contribution < 1.29 is 30.7 Å². The highest BCUT2D eigenvalue weighted by molar-refractivity contribution is 8.05. The first-order valence-corrected chi connectivity index (χ1v) is 8.08. The molecule has 0 amide bonds. The zero-order valence-corrected chi connectivity index (χ0v) is 12.2. The van der Waals surface area contributed by atoms with Gasteiger partial charge in [0.15, 0.2) is 0 Å². The second-order valence-corrected chi connectivity index (χ2v) is 8.00. The van der Waals surface area contributed by atoms with Crippen LogP contribution in [-0.2, 0) is 20.2 Å². The molecule has 112 valence electrons. The Hall–Kier alpha value is -1.49. The summed E-state index contributed by atoms with van der Waals surface area (Å²) in [6.07, 6.45) is 0.573. The fraction of sp³-hybridized carbons (Fsp3) is 0.300. The number of hydrogen-bond donors (Lipinski definition) is 3. The lowest BCUT2D eigenvalue weighted by Gasteiger charge is -2.25. The third-order valence-electron chi connectivity index (χ3n) is 2.75. The van der Waals surface area contributed by atoms with Crippen molar-refractivity contribution in [2.75, 3.05) is 5.32 Å². The van der Waals surface area contributed by atoms with Crippen LogP contribution in [0.25, 0.3) is 0 Å². The Labute approximate surface area is 116 Å². The van der Waals surface area contributed by atoms with E-state index >= 15 is 0 Å². The second-order valence-electron chi connectivity index (χ2n) is 4.21. The zero-order valence-electron chi connectivity index (χ0n) is 10.6. The van der Waals surface area contributed by atoms with Crippen LogP contribution in [0.4, 0.5) is 5.69 Å². The Kier molecular flexibility index (Phi) is 4.25. The van der Waals surface area contributed by atoms with Crippen LogP contribution in [-0.4, -0.2) is 36.4 Å². The Balaban J connectivity index is 3.37. The average Bonchev–Trinajstić information content (AvgIpc) is 2.26. The molecule has 0 aliphatic heterocycles. The van der Waals surface area contributed by atoms with Gasteiger partial charge >= 0.3 is 20.2 Å². The van der Waals surface area contributed by atoms with Gasteiger partial charge in [0.05, 0.1) is 0 Å². The number of nitrogens with one attached hydrogen (secondary N) is 1. The van der Waals surface area contributed by atoms with E-state index in [2.05, 4.69) is 0 Å². The highest BCUT2D eigenvalue weighted by atomic mass is 32.3. The molecule has 1 aromatic rings. The average molecular weight is 323 g/mol. The first kappa shape index (κ1) is 16.6. The molecule has 0 radical (unpaired) electrons. The molecule has 0 spiro atoms. The second kappa shape index (κ2) is 5.13. The van der Waals surface area contributed by atoms with Crippen LogP contribution in [0.15, 0.2) is 18.2 Å². The Morgan fingerprint density at radius 2 is 1.65 bits per heavy atom. The van der Waals surface area contributed by atoms with Crippen molar-refractivity contribution in [3.8, 4) is 0 Å². The van der Waals surface area contributed by atoms with Crippen molar-refractivity contribution in [1.29, 1.82) is 0 Å². The van der Waals surface area contributed by atoms with E-state index in [1.807, 2.05) is 5.32 Å². The molecule has 1 aromatic carbocycles. The summed E-state index contributed by atoms with van der Waals surface area (Å²) in [5.41, 5.74) is 0.778. The largest absolute Gasteiger partial charge is 0.350 e. The number of carbonyl (C=O) groups excluding carboxylic acids is 1. The third kappa shape index (κ3) is 2.98. The van der Waals surface area contributed by atoms with Crippen LogP contribution in [0.5, 0.6) is 0 Å². The molecule has 0 aliphatic rings. The maximum Gasteiger partial charge on any atom is 0.306 e. The van der Waals surface area contributed by atoms with Gasteiger partial charge in [0.1, 0.15) is 6.29 Å². The number of aryl methyl sites for hydroxylation is 1. The number of aldehydes is 1. The standard InChI is InChI=1S/C10H13NO7S2/c1-7-5-9(4-3-8(7)6-12)11-10(2,19(13,14)15)20(16,17)18/h3-6,11H,1-2H3,(H,13,14,15)(H,16,17,18). The maximum absolute atomic E-state index is 11.2.